The summed E-state index contributed by atoms with van der Waals surface area (Å²) >= 11 is 1.69. The van der Waals surface area contributed by atoms with E-state index < -0.39 is 0 Å². The molecule has 0 amide bonds. The van der Waals surface area contributed by atoms with E-state index in [1.54, 1.807) is 29.7 Å². The van der Waals surface area contributed by atoms with E-state index in [2.05, 4.69) is 30.1 Å². The molecule has 1 N–H and O–H groups in total. The van der Waals surface area contributed by atoms with Gasteiger partial charge in [-0.1, -0.05) is 12.1 Å². The lowest BCUT2D eigenvalue weighted by Gasteiger charge is -2.07. The van der Waals surface area contributed by atoms with E-state index in [1.807, 2.05) is 37.3 Å². The van der Waals surface area contributed by atoms with E-state index in [1.165, 1.54) is 10.3 Å². The zero-order valence-corrected chi connectivity index (χ0v) is 16.5. The van der Waals surface area contributed by atoms with Crippen LogP contribution in [0.4, 0.5) is 5.69 Å². The molecule has 0 atom stereocenters. The van der Waals surface area contributed by atoms with Crippen molar-refractivity contribution in [3.63, 3.8) is 0 Å². The number of aromatic hydroxyl groups is 1. The van der Waals surface area contributed by atoms with E-state index in [-0.39, 0.29) is 5.75 Å². The van der Waals surface area contributed by atoms with Crippen LogP contribution in [0.25, 0.3) is 20.8 Å². The molecule has 0 bridgehead atoms. The monoisotopic (exact) mass is 388 g/mol. The van der Waals surface area contributed by atoms with Gasteiger partial charge in [0.2, 0.25) is 0 Å². The first-order valence-corrected chi connectivity index (χ1v) is 9.92. The van der Waals surface area contributed by atoms with Crippen LogP contribution in [0.2, 0.25) is 0 Å². The highest BCUT2D eigenvalue weighted by Gasteiger charge is 2.07. The Kier molecular flexibility index (Phi) is 5.08. The van der Waals surface area contributed by atoms with E-state index in [0.29, 0.717) is 17.9 Å². The molecule has 0 spiro atoms. The summed E-state index contributed by atoms with van der Waals surface area (Å²) < 4.78 is 6.60. The number of phenols is 1. The number of thiazole rings is 1. The minimum Gasteiger partial charge on any atom is -0.504 e. The molecule has 4 rings (SSSR count). The maximum Gasteiger partial charge on any atom is 0.166 e. The van der Waals surface area contributed by atoms with Crippen molar-refractivity contribution in [3.8, 4) is 22.1 Å². The van der Waals surface area contributed by atoms with Crippen LogP contribution in [0.15, 0.2) is 65.7 Å². The summed E-state index contributed by atoms with van der Waals surface area (Å²) in [6.07, 6.45) is 1.65. The topological polar surface area (TPSA) is 54.7 Å². The van der Waals surface area contributed by atoms with Crippen molar-refractivity contribution >= 4 is 33.5 Å². The first-order chi connectivity index (χ1) is 13.6. The van der Waals surface area contributed by atoms with Gasteiger partial charge in [0, 0.05) is 17.3 Å². The lowest BCUT2D eigenvalue weighted by Crippen LogP contribution is -1.93. The molecule has 0 fully saturated rings. The Labute approximate surface area is 167 Å². The van der Waals surface area contributed by atoms with Gasteiger partial charge in [-0.25, -0.2) is 4.98 Å². The SMILES string of the molecule is CCOc1cccc(C=Nc2ccc(-c3nc4ccc(C)cc4s3)cc2)c1O. The number of para-hydroxylation sites is 1. The predicted octanol–water partition coefficient (Wildman–Crippen LogP) is 6.13. The standard InChI is InChI=1S/C23H20N2O2S/c1-3-27-20-6-4-5-17(22(20)26)14-24-18-10-8-16(9-11-18)23-25-19-12-7-15(2)13-21(19)28-23/h4-14,26H,3H2,1-2H3. The fourth-order valence-electron chi connectivity index (χ4n) is 2.90. The lowest BCUT2D eigenvalue weighted by molar-refractivity contribution is 0.318. The number of aliphatic imine (C=N–C) groups is 1. The van der Waals surface area contributed by atoms with Gasteiger partial charge >= 0.3 is 0 Å². The van der Waals surface area contributed by atoms with Gasteiger partial charge in [0.25, 0.3) is 0 Å². The van der Waals surface area contributed by atoms with Gasteiger partial charge in [0.05, 0.1) is 22.5 Å². The molecule has 4 aromatic rings. The Morgan fingerprint density at radius 3 is 2.71 bits per heavy atom. The molecule has 0 aliphatic rings. The van der Waals surface area contributed by atoms with Crippen LogP contribution < -0.4 is 4.74 Å². The molecule has 0 saturated carbocycles. The van der Waals surface area contributed by atoms with Crippen LogP contribution in [0.3, 0.4) is 0 Å². The molecule has 28 heavy (non-hydrogen) atoms. The third kappa shape index (κ3) is 3.75. The number of benzene rings is 3. The van der Waals surface area contributed by atoms with Crippen molar-refractivity contribution in [3.05, 3.63) is 71.8 Å². The molecule has 1 heterocycles. The first-order valence-electron chi connectivity index (χ1n) is 9.10. The number of nitrogens with zero attached hydrogens (tertiary/aromatic N) is 2. The highest BCUT2D eigenvalue weighted by Crippen LogP contribution is 2.32. The van der Waals surface area contributed by atoms with E-state index >= 15 is 0 Å². The maximum absolute atomic E-state index is 10.3. The first kappa shape index (κ1) is 18.2. The zero-order chi connectivity index (χ0) is 19.5. The van der Waals surface area contributed by atoms with Gasteiger partial charge in [-0.05, 0) is 67.9 Å². The third-order valence-electron chi connectivity index (χ3n) is 4.34. The summed E-state index contributed by atoms with van der Waals surface area (Å²) in [5, 5.41) is 11.3. The highest BCUT2D eigenvalue weighted by molar-refractivity contribution is 7.21. The van der Waals surface area contributed by atoms with Crippen molar-refractivity contribution in [2.45, 2.75) is 13.8 Å². The molecule has 1 aromatic heterocycles. The Balaban J connectivity index is 1.56. The molecule has 5 heteroatoms. The third-order valence-corrected chi connectivity index (χ3v) is 5.41. The summed E-state index contributed by atoms with van der Waals surface area (Å²) in [4.78, 5) is 9.19. The van der Waals surface area contributed by atoms with Crippen molar-refractivity contribution < 1.29 is 9.84 Å². The van der Waals surface area contributed by atoms with Crippen molar-refractivity contribution in [2.75, 3.05) is 6.61 Å². The summed E-state index contributed by atoms with van der Waals surface area (Å²) in [5.41, 5.74) is 4.76. The number of aryl methyl sites for hydroxylation is 1. The summed E-state index contributed by atoms with van der Waals surface area (Å²) in [6, 6.07) is 19.6. The van der Waals surface area contributed by atoms with Gasteiger partial charge in [-0.2, -0.15) is 0 Å². The molecule has 0 radical (unpaired) electrons. The Hall–Kier alpha value is -3.18. The largest absolute Gasteiger partial charge is 0.504 e. The molecule has 0 unspecified atom stereocenters. The molecule has 140 valence electrons. The maximum atomic E-state index is 10.3. The second kappa shape index (κ2) is 7.82. The molecule has 0 saturated heterocycles. The average Bonchev–Trinajstić information content (AvgIpc) is 3.12. The van der Waals surface area contributed by atoms with Crippen LogP contribution in [0.1, 0.15) is 18.1 Å². The lowest BCUT2D eigenvalue weighted by atomic mass is 10.2. The number of hydrogen-bond acceptors (Lipinski definition) is 5. The average molecular weight is 388 g/mol. The summed E-state index contributed by atoms with van der Waals surface area (Å²) in [6.45, 7) is 4.48. The minimum atomic E-state index is 0.106. The van der Waals surface area contributed by atoms with Crippen LogP contribution in [0, 0.1) is 6.92 Å². The van der Waals surface area contributed by atoms with Gasteiger partial charge in [0.1, 0.15) is 5.01 Å². The van der Waals surface area contributed by atoms with Crippen molar-refractivity contribution in [2.24, 2.45) is 4.99 Å². The number of phenolic OH excluding ortho intramolecular Hbond substituents is 1. The Morgan fingerprint density at radius 2 is 1.93 bits per heavy atom. The van der Waals surface area contributed by atoms with Gasteiger partial charge in [0.15, 0.2) is 11.5 Å². The molecule has 3 aromatic carbocycles. The van der Waals surface area contributed by atoms with Crippen LogP contribution in [0.5, 0.6) is 11.5 Å². The molecular weight excluding hydrogens is 368 g/mol. The van der Waals surface area contributed by atoms with E-state index in [9.17, 15) is 5.11 Å². The predicted molar refractivity (Wildman–Crippen MR) is 116 cm³/mol. The Bertz CT molecular complexity index is 1150. The zero-order valence-electron chi connectivity index (χ0n) is 15.7. The molecule has 0 aliphatic heterocycles. The second-order valence-electron chi connectivity index (χ2n) is 6.42. The van der Waals surface area contributed by atoms with E-state index in [4.69, 9.17) is 9.72 Å². The second-order valence-corrected chi connectivity index (χ2v) is 7.45. The number of aromatic nitrogens is 1. The van der Waals surface area contributed by atoms with Crippen LogP contribution in [-0.4, -0.2) is 22.9 Å². The van der Waals surface area contributed by atoms with Crippen molar-refractivity contribution in [1.29, 1.82) is 0 Å². The molecular formula is C23H20N2O2S. The van der Waals surface area contributed by atoms with Crippen LogP contribution in [-0.2, 0) is 0 Å². The van der Waals surface area contributed by atoms with Crippen molar-refractivity contribution in [1.82, 2.24) is 4.98 Å². The fraction of sp³-hybridized carbons (Fsp3) is 0.130. The normalized spacial score (nSPS) is 11.4. The highest BCUT2D eigenvalue weighted by atomic mass is 32.1. The minimum absolute atomic E-state index is 0.106. The van der Waals surface area contributed by atoms with Gasteiger partial charge < -0.3 is 9.84 Å². The summed E-state index contributed by atoms with van der Waals surface area (Å²) in [7, 11) is 0. The molecule has 4 nitrogen and oxygen atoms in total. The number of rotatable bonds is 5. The van der Waals surface area contributed by atoms with Gasteiger partial charge in [-0.15, -0.1) is 11.3 Å². The van der Waals surface area contributed by atoms with Gasteiger partial charge in [-0.3, -0.25) is 4.99 Å². The van der Waals surface area contributed by atoms with Crippen LogP contribution >= 0.6 is 11.3 Å². The smallest absolute Gasteiger partial charge is 0.166 e. The van der Waals surface area contributed by atoms with E-state index in [0.717, 1.165) is 21.8 Å². The summed E-state index contributed by atoms with van der Waals surface area (Å²) in [5.74, 6) is 0.572. The Morgan fingerprint density at radius 1 is 1.11 bits per heavy atom. The number of hydrogen-bond donors (Lipinski definition) is 1. The number of ether oxygens (including phenoxy) is 1. The quantitative estimate of drug-likeness (QED) is 0.419. The molecule has 0 aliphatic carbocycles. The fourth-order valence-corrected chi connectivity index (χ4v) is 3.97. The number of fused-ring (bicyclic) bond motifs is 1.